The molecule has 9 heteroatoms. The first-order chi connectivity index (χ1) is 9.38. The average Bonchev–Trinajstić information content (AvgIpc) is 2.72. The highest BCUT2D eigenvalue weighted by molar-refractivity contribution is 6.29. The molecule has 0 spiro atoms. The minimum Gasteiger partial charge on any atom is -0.465 e. The van der Waals surface area contributed by atoms with Crippen LogP contribution in [0.2, 0.25) is 5.28 Å². The Hall–Kier alpha value is -2.09. The Labute approximate surface area is 118 Å². The molecule has 0 unspecified atom stereocenters. The molecule has 2 heterocycles. The van der Waals surface area contributed by atoms with Gasteiger partial charge in [0.2, 0.25) is 5.28 Å². The fourth-order valence-corrected chi connectivity index (χ4v) is 2.12. The molecular weight excluding hydrogens is 288 g/mol. The topological polar surface area (TPSA) is 88.1 Å². The van der Waals surface area contributed by atoms with Gasteiger partial charge in [0.25, 0.3) is 5.56 Å². The van der Waals surface area contributed by atoms with E-state index in [1.54, 1.807) is 6.92 Å². The Balaban J connectivity index is 2.74. The van der Waals surface area contributed by atoms with Crippen molar-refractivity contribution in [2.45, 2.75) is 13.5 Å². The van der Waals surface area contributed by atoms with Gasteiger partial charge < -0.3 is 4.74 Å². The van der Waals surface area contributed by atoms with E-state index < -0.39 is 17.2 Å². The monoisotopic (exact) mass is 300 g/mol. The number of halogens is 1. The molecule has 0 amide bonds. The summed E-state index contributed by atoms with van der Waals surface area (Å²) in [6.07, 6.45) is 0. The minimum absolute atomic E-state index is 0.0497. The normalized spacial score (nSPS) is 11.0. The van der Waals surface area contributed by atoms with Crippen LogP contribution in [0.3, 0.4) is 0 Å². The molecular formula is C11H13ClN4O4. The molecule has 0 atom stereocenters. The molecule has 0 aliphatic carbocycles. The zero-order valence-corrected chi connectivity index (χ0v) is 12.0. The molecule has 8 nitrogen and oxygen atoms in total. The smallest absolute Gasteiger partial charge is 0.332 e. The third-order valence-corrected chi connectivity index (χ3v) is 3.18. The standard InChI is InChI=1S/C11H13ClN4O4/c1-4-20-6(17)5-16-7-8(13-10(16)12)14(2)11(19)15(3)9(7)18/h4-5H2,1-3H3. The summed E-state index contributed by atoms with van der Waals surface area (Å²) in [4.78, 5) is 39.4. The van der Waals surface area contributed by atoms with Gasteiger partial charge in [0.1, 0.15) is 6.54 Å². The molecule has 0 aliphatic heterocycles. The number of imidazole rings is 1. The summed E-state index contributed by atoms with van der Waals surface area (Å²) in [7, 11) is 2.82. The number of carbonyl (C=O) groups excluding carboxylic acids is 1. The van der Waals surface area contributed by atoms with Gasteiger partial charge in [-0.25, -0.2) is 4.79 Å². The van der Waals surface area contributed by atoms with Crippen molar-refractivity contribution in [2.24, 2.45) is 14.1 Å². The molecule has 2 aromatic heterocycles. The van der Waals surface area contributed by atoms with Gasteiger partial charge in [-0.3, -0.25) is 23.3 Å². The third kappa shape index (κ3) is 2.11. The molecule has 0 saturated heterocycles. The van der Waals surface area contributed by atoms with Crippen LogP contribution in [0.25, 0.3) is 11.2 Å². The lowest BCUT2D eigenvalue weighted by Gasteiger charge is -2.06. The first kappa shape index (κ1) is 14.3. The van der Waals surface area contributed by atoms with Gasteiger partial charge in [0.15, 0.2) is 11.2 Å². The van der Waals surface area contributed by atoms with E-state index in [4.69, 9.17) is 16.3 Å². The van der Waals surface area contributed by atoms with Gasteiger partial charge in [-0.2, -0.15) is 4.98 Å². The second-order valence-corrected chi connectivity index (χ2v) is 4.49. The van der Waals surface area contributed by atoms with Crippen LogP contribution in [-0.2, 0) is 30.2 Å². The van der Waals surface area contributed by atoms with Crippen molar-refractivity contribution in [3.63, 3.8) is 0 Å². The van der Waals surface area contributed by atoms with Crippen LogP contribution >= 0.6 is 11.6 Å². The van der Waals surface area contributed by atoms with Crippen molar-refractivity contribution in [2.75, 3.05) is 6.61 Å². The van der Waals surface area contributed by atoms with Gasteiger partial charge in [0, 0.05) is 14.1 Å². The number of hydrogen-bond donors (Lipinski definition) is 0. The van der Waals surface area contributed by atoms with E-state index in [9.17, 15) is 14.4 Å². The quantitative estimate of drug-likeness (QED) is 0.571. The number of esters is 1. The summed E-state index contributed by atoms with van der Waals surface area (Å²) >= 11 is 5.94. The highest BCUT2D eigenvalue weighted by Gasteiger charge is 2.19. The molecule has 2 aromatic rings. The van der Waals surface area contributed by atoms with Gasteiger partial charge in [0.05, 0.1) is 6.61 Å². The zero-order chi connectivity index (χ0) is 15.0. The summed E-state index contributed by atoms with van der Waals surface area (Å²) in [5, 5.41) is -0.0497. The summed E-state index contributed by atoms with van der Waals surface area (Å²) in [6, 6.07) is 0. The van der Waals surface area contributed by atoms with E-state index in [-0.39, 0.29) is 29.6 Å². The summed E-state index contributed by atoms with van der Waals surface area (Å²) in [5.74, 6) is -0.537. The van der Waals surface area contributed by atoms with Crippen molar-refractivity contribution >= 4 is 28.7 Å². The van der Waals surface area contributed by atoms with Crippen LogP contribution in [0.4, 0.5) is 0 Å². The van der Waals surface area contributed by atoms with E-state index in [0.717, 1.165) is 4.57 Å². The first-order valence-corrected chi connectivity index (χ1v) is 6.23. The van der Waals surface area contributed by atoms with Gasteiger partial charge in [-0.15, -0.1) is 0 Å². The predicted octanol–water partition coefficient (Wildman–Crippen LogP) is -0.350. The summed E-state index contributed by atoms with van der Waals surface area (Å²) in [5.41, 5.74) is -0.855. The lowest BCUT2D eigenvalue weighted by molar-refractivity contribution is -0.143. The maximum Gasteiger partial charge on any atom is 0.332 e. The zero-order valence-electron chi connectivity index (χ0n) is 11.2. The molecule has 20 heavy (non-hydrogen) atoms. The first-order valence-electron chi connectivity index (χ1n) is 5.85. The fourth-order valence-electron chi connectivity index (χ4n) is 1.90. The van der Waals surface area contributed by atoms with Crippen LogP contribution in [0, 0.1) is 0 Å². The van der Waals surface area contributed by atoms with Crippen molar-refractivity contribution in [1.29, 1.82) is 0 Å². The van der Waals surface area contributed by atoms with E-state index in [0.29, 0.717) is 0 Å². The van der Waals surface area contributed by atoms with E-state index in [1.807, 2.05) is 0 Å². The van der Waals surface area contributed by atoms with Crippen molar-refractivity contribution in [3.05, 3.63) is 26.1 Å². The molecule has 0 saturated carbocycles. The molecule has 0 fully saturated rings. The highest BCUT2D eigenvalue weighted by Crippen LogP contribution is 2.15. The highest BCUT2D eigenvalue weighted by atomic mass is 35.5. The fraction of sp³-hybridized carbons (Fsp3) is 0.455. The lowest BCUT2D eigenvalue weighted by atomic mass is 10.5. The molecule has 108 valence electrons. The van der Waals surface area contributed by atoms with Crippen LogP contribution in [-0.4, -0.2) is 31.3 Å². The molecule has 0 bridgehead atoms. The maximum absolute atomic E-state index is 12.2. The van der Waals surface area contributed by atoms with Crippen molar-refractivity contribution in [1.82, 2.24) is 18.7 Å². The Morgan fingerprint density at radius 1 is 1.30 bits per heavy atom. The molecule has 0 aromatic carbocycles. The SMILES string of the molecule is CCOC(=O)Cn1c(Cl)nc2c1c(=O)n(C)c(=O)n2C. The van der Waals surface area contributed by atoms with Crippen LogP contribution in [0.5, 0.6) is 0 Å². The van der Waals surface area contributed by atoms with Crippen LogP contribution < -0.4 is 11.2 Å². The third-order valence-electron chi connectivity index (χ3n) is 2.89. The summed E-state index contributed by atoms with van der Waals surface area (Å²) in [6.45, 7) is 1.66. The number of ether oxygens (including phenoxy) is 1. The second-order valence-electron chi connectivity index (χ2n) is 4.15. The van der Waals surface area contributed by atoms with Gasteiger partial charge >= 0.3 is 11.7 Å². The number of aromatic nitrogens is 4. The number of rotatable bonds is 3. The van der Waals surface area contributed by atoms with E-state index in [1.165, 1.54) is 23.2 Å². The van der Waals surface area contributed by atoms with Crippen molar-refractivity contribution in [3.8, 4) is 0 Å². The molecule has 2 rings (SSSR count). The summed E-state index contributed by atoms with van der Waals surface area (Å²) < 4.78 is 8.18. The number of hydrogen-bond acceptors (Lipinski definition) is 5. The Kier molecular flexibility index (Phi) is 3.67. The largest absolute Gasteiger partial charge is 0.465 e. The average molecular weight is 301 g/mol. The predicted molar refractivity (Wildman–Crippen MR) is 71.9 cm³/mol. The number of carbonyl (C=O) groups is 1. The Morgan fingerprint density at radius 3 is 2.55 bits per heavy atom. The minimum atomic E-state index is -0.563. The Morgan fingerprint density at radius 2 is 1.95 bits per heavy atom. The van der Waals surface area contributed by atoms with Gasteiger partial charge in [-0.05, 0) is 18.5 Å². The number of aryl methyl sites for hydroxylation is 1. The molecule has 0 radical (unpaired) electrons. The van der Waals surface area contributed by atoms with Gasteiger partial charge in [-0.1, -0.05) is 0 Å². The van der Waals surface area contributed by atoms with E-state index in [2.05, 4.69) is 4.98 Å². The number of fused-ring (bicyclic) bond motifs is 1. The van der Waals surface area contributed by atoms with Crippen LogP contribution in [0.15, 0.2) is 9.59 Å². The van der Waals surface area contributed by atoms with E-state index >= 15 is 0 Å². The molecule has 0 aliphatic rings. The second kappa shape index (κ2) is 5.12. The van der Waals surface area contributed by atoms with Crippen molar-refractivity contribution < 1.29 is 9.53 Å². The number of nitrogens with zero attached hydrogens (tertiary/aromatic N) is 4. The lowest BCUT2D eigenvalue weighted by Crippen LogP contribution is -2.37. The maximum atomic E-state index is 12.2. The molecule has 0 N–H and O–H groups in total. The Bertz CT molecular complexity index is 801. The van der Waals surface area contributed by atoms with Crippen LogP contribution in [0.1, 0.15) is 6.92 Å².